The zero-order valence-electron chi connectivity index (χ0n) is 11.8. The first-order valence-electron chi connectivity index (χ1n) is 6.34. The van der Waals surface area contributed by atoms with Crippen LogP contribution in [0.2, 0.25) is 0 Å². The molecule has 0 spiro atoms. The number of carbonyl (C=O) groups is 1. The summed E-state index contributed by atoms with van der Waals surface area (Å²) in [6.45, 7) is 4.10. The van der Waals surface area contributed by atoms with Crippen LogP contribution in [0.4, 0.5) is 5.82 Å². The van der Waals surface area contributed by atoms with Crippen molar-refractivity contribution in [2.24, 2.45) is 0 Å². The van der Waals surface area contributed by atoms with Gasteiger partial charge in [-0.2, -0.15) is 0 Å². The predicted molar refractivity (Wildman–Crippen MR) is 76.6 cm³/mol. The maximum absolute atomic E-state index is 11.4. The Hall–Kier alpha value is -2.43. The summed E-state index contributed by atoms with van der Waals surface area (Å²) in [6, 6.07) is 8.19. The van der Waals surface area contributed by atoms with Gasteiger partial charge in [0.1, 0.15) is 5.82 Å². The van der Waals surface area contributed by atoms with Gasteiger partial charge in [-0.3, -0.25) is 4.98 Å². The maximum Gasteiger partial charge on any atom is 0.358 e. The molecule has 0 aliphatic rings. The number of rotatable bonds is 4. The second-order valence-corrected chi connectivity index (χ2v) is 4.50. The molecule has 0 bridgehead atoms. The summed E-state index contributed by atoms with van der Waals surface area (Å²) in [6.07, 6.45) is 2.97. The van der Waals surface area contributed by atoms with Crippen molar-refractivity contribution in [3.05, 3.63) is 53.5 Å². The molecule has 0 fully saturated rings. The zero-order valence-corrected chi connectivity index (χ0v) is 11.8. The molecule has 2 rings (SSSR count). The number of methoxy groups -OCH3 is 1. The van der Waals surface area contributed by atoms with E-state index in [1.54, 1.807) is 6.20 Å². The van der Waals surface area contributed by atoms with Crippen LogP contribution in [0.5, 0.6) is 0 Å². The third-order valence-corrected chi connectivity index (χ3v) is 3.05. The van der Waals surface area contributed by atoms with Crippen LogP contribution in [0.25, 0.3) is 0 Å². The molecule has 1 N–H and O–H groups in total. The Kier molecular flexibility index (Phi) is 4.30. The van der Waals surface area contributed by atoms with E-state index in [1.807, 2.05) is 19.1 Å². The molecule has 5 heteroatoms. The fraction of sp³-hybridized carbons (Fsp3) is 0.267. The molecular formula is C15H17N3O2. The average molecular weight is 271 g/mol. The Morgan fingerprint density at radius 3 is 2.75 bits per heavy atom. The summed E-state index contributed by atoms with van der Waals surface area (Å²) in [5.41, 5.74) is 2.57. The Bertz CT molecular complexity index is 614. The van der Waals surface area contributed by atoms with Crippen molar-refractivity contribution in [1.29, 1.82) is 0 Å². The smallest absolute Gasteiger partial charge is 0.358 e. The van der Waals surface area contributed by atoms with Crippen molar-refractivity contribution < 1.29 is 9.53 Å². The fourth-order valence-electron chi connectivity index (χ4n) is 2.01. The first-order valence-corrected chi connectivity index (χ1v) is 6.34. The predicted octanol–water partition coefficient (Wildman–Crippen LogP) is 2.74. The molecular weight excluding hydrogens is 254 g/mol. The molecule has 0 saturated carbocycles. The highest BCUT2D eigenvalue weighted by atomic mass is 16.5. The zero-order chi connectivity index (χ0) is 14.5. The highest BCUT2D eigenvalue weighted by Crippen LogP contribution is 2.20. The summed E-state index contributed by atoms with van der Waals surface area (Å²) in [7, 11) is 1.32. The number of esters is 1. The minimum absolute atomic E-state index is 0.0680. The van der Waals surface area contributed by atoms with Crippen LogP contribution in [-0.2, 0) is 4.74 Å². The molecule has 1 aromatic carbocycles. The standard InChI is InChI=1S/C15H17N3O2/c1-10-6-4-5-7-12(10)11(2)17-14-9-16-8-13(18-14)15(19)20-3/h4-9,11H,1-3H3,(H,17,18). The minimum Gasteiger partial charge on any atom is -0.464 e. The van der Waals surface area contributed by atoms with Gasteiger partial charge >= 0.3 is 5.97 Å². The van der Waals surface area contributed by atoms with Gasteiger partial charge in [0.05, 0.1) is 25.5 Å². The molecule has 0 aliphatic carbocycles. The lowest BCUT2D eigenvalue weighted by Crippen LogP contribution is -2.12. The number of anilines is 1. The van der Waals surface area contributed by atoms with Crippen LogP contribution in [0, 0.1) is 6.92 Å². The van der Waals surface area contributed by atoms with Crippen molar-refractivity contribution in [3.8, 4) is 0 Å². The molecule has 1 unspecified atom stereocenters. The second-order valence-electron chi connectivity index (χ2n) is 4.50. The first-order chi connectivity index (χ1) is 9.61. The Morgan fingerprint density at radius 2 is 2.05 bits per heavy atom. The number of nitrogens with zero attached hydrogens (tertiary/aromatic N) is 2. The molecule has 1 heterocycles. The number of benzene rings is 1. The lowest BCUT2D eigenvalue weighted by molar-refractivity contribution is 0.0593. The summed E-state index contributed by atoms with van der Waals surface area (Å²) >= 11 is 0. The van der Waals surface area contributed by atoms with Crippen LogP contribution in [0.3, 0.4) is 0 Å². The van der Waals surface area contributed by atoms with Gasteiger partial charge in [-0.1, -0.05) is 24.3 Å². The van der Waals surface area contributed by atoms with Crippen molar-refractivity contribution in [2.45, 2.75) is 19.9 Å². The molecule has 0 aliphatic heterocycles. The number of aryl methyl sites for hydroxylation is 1. The SMILES string of the molecule is COC(=O)c1cncc(NC(C)c2ccccc2C)n1. The Morgan fingerprint density at radius 1 is 1.30 bits per heavy atom. The van der Waals surface area contributed by atoms with Crippen LogP contribution in [0.15, 0.2) is 36.7 Å². The molecule has 1 atom stereocenters. The van der Waals surface area contributed by atoms with E-state index in [1.165, 1.54) is 24.4 Å². The first kappa shape index (κ1) is 14.0. The normalized spacial score (nSPS) is 11.8. The van der Waals surface area contributed by atoms with Gasteiger partial charge in [0.2, 0.25) is 0 Å². The van der Waals surface area contributed by atoms with E-state index in [-0.39, 0.29) is 11.7 Å². The summed E-state index contributed by atoms with van der Waals surface area (Å²) in [4.78, 5) is 19.6. The van der Waals surface area contributed by atoms with E-state index in [0.717, 1.165) is 0 Å². The molecule has 0 amide bonds. The molecule has 20 heavy (non-hydrogen) atoms. The van der Waals surface area contributed by atoms with Crippen molar-refractivity contribution in [1.82, 2.24) is 9.97 Å². The van der Waals surface area contributed by atoms with Gasteiger partial charge in [0.15, 0.2) is 5.69 Å². The maximum atomic E-state index is 11.4. The molecule has 0 saturated heterocycles. The Labute approximate surface area is 118 Å². The number of carbonyl (C=O) groups excluding carboxylic acids is 1. The largest absolute Gasteiger partial charge is 0.464 e. The van der Waals surface area contributed by atoms with Crippen LogP contribution in [0.1, 0.15) is 34.6 Å². The van der Waals surface area contributed by atoms with E-state index in [2.05, 4.69) is 39.1 Å². The summed E-state index contributed by atoms with van der Waals surface area (Å²) in [5, 5.41) is 3.24. The molecule has 2 aromatic rings. The number of nitrogens with one attached hydrogen (secondary N) is 1. The second kappa shape index (κ2) is 6.14. The van der Waals surface area contributed by atoms with E-state index < -0.39 is 5.97 Å². The third-order valence-electron chi connectivity index (χ3n) is 3.05. The van der Waals surface area contributed by atoms with Crippen molar-refractivity contribution in [3.63, 3.8) is 0 Å². The third kappa shape index (κ3) is 3.12. The monoisotopic (exact) mass is 271 g/mol. The minimum atomic E-state index is -0.496. The summed E-state index contributed by atoms with van der Waals surface area (Å²) in [5.74, 6) is 0.0494. The van der Waals surface area contributed by atoms with Crippen LogP contribution < -0.4 is 5.32 Å². The molecule has 1 aromatic heterocycles. The summed E-state index contributed by atoms with van der Waals surface area (Å²) < 4.78 is 4.63. The van der Waals surface area contributed by atoms with Crippen molar-refractivity contribution >= 4 is 11.8 Å². The van der Waals surface area contributed by atoms with E-state index in [4.69, 9.17) is 0 Å². The van der Waals surface area contributed by atoms with E-state index >= 15 is 0 Å². The highest BCUT2D eigenvalue weighted by molar-refractivity contribution is 5.87. The molecule has 0 radical (unpaired) electrons. The van der Waals surface area contributed by atoms with Gasteiger partial charge in [0, 0.05) is 0 Å². The number of hydrogen-bond donors (Lipinski definition) is 1. The van der Waals surface area contributed by atoms with Gasteiger partial charge in [-0.25, -0.2) is 9.78 Å². The Balaban J connectivity index is 2.18. The van der Waals surface area contributed by atoms with Crippen LogP contribution in [-0.4, -0.2) is 23.0 Å². The molecule has 104 valence electrons. The van der Waals surface area contributed by atoms with Gasteiger partial charge < -0.3 is 10.1 Å². The number of aromatic nitrogens is 2. The van der Waals surface area contributed by atoms with Crippen LogP contribution >= 0.6 is 0 Å². The lowest BCUT2D eigenvalue weighted by Gasteiger charge is -2.17. The van der Waals surface area contributed by atoms with E-state index in [9.17, 15) is 4.79 Å². The lowest BCUT2D eigenvalue weighted by atomic mass is 10.0. The number of ether oxygens (including phenoxy) is 1. The highest BCUT2D eigenvalue weighted by Gasteiger charge is 2.11. The average Bonchev–Trinajstić information content (AvgIpc) is 2.47. The molecule has 5 nitrogen and oxygen atoms in total. The van der Waals surface area contributed by atoms with Gasteiger partial charge in [-0.15, -0.1) is 0 Å². The van der Waals surface area contributed by atoms with Crippen molar-refractivity contribution in [2.75, 3.05) is 12.4 Å². The quantitative estimate of drug-likeness (QED) is 0.866. The fourth-order valence-corrected chi connectivity index (χ4v) is 2.01. The topological polar surface area (TPSA) is 64.1 Å². The van der Waals surface area contributed by atoms with Gasteiger partial charge in [-0.05, 0) is 25.0 Å². The van der Waals surface area contributed by atoms with Gasteiger partial charge in [0.25, 0.3) is 0 Å². The van der Waals surface area contributed by atoms with E-state index in [0.29, 0.717) is 5.82 Å². The number of hydrogen-bond acceptors (Lipinski definition) is 5.